The number of halogens is 2. The third kappa shape index (κ3) is 2.86. The van der Waals surface area contributed by atoms with Gasteiger partial charge >= 0.3 is 0 Å². The van der Waals surface area contributed by atoms with E-state index >= 15 is 0 Å². The Bertz CT molecular complexity index is 562. The first-order chi connectivity index (χ1) is 9.13. The molecular formula is C11H13Br2N5S. The molecule has 1 fully saturated rings. The Morgan fingerprint density at radius 1 is 1.47 bits per heavy atom. The van der Waals surface area contributed by atoms with E-state index in [4.69, 9.17) is 0 Å². The van der Waals surface area contributed by atoms with E-state index in [1.807, 2.05) is 6.07 Å². The number of piperazine rings is 1. The van der Waals surface area contributed by atoms with Crippen LogP contribution < -0.4 is 10.2 Å². The molecule has 0 saturated carbocycles. The fraction of sp³-hybridized carbons (Fsp3) is 0.455. The summed E-state index contributed by atoms with van der Waals surface area (Å²) in [6, 6.07) is 2.51. The Kier molecular flexibility index (Phi) is 3.93. The van der Waals surface area contributed by atoms with Crippen molar-refractivity contribution in [3.63, 3.8) is 0 Å². The maximum Gasteiger partial charge on any atom is 0.245 e. The zero-order valence-electron chi connectivity index (χ0n) is 10.3. The minimum absolute atomic E-state index is 0.473. The number of nitrogens with one attached hydrogen (secondary N) is 2. The average Bonchev–Trinajstić information content (AvgIpc) is 2.97. The number of hydrogen-bond donors (Lipinski definition) is 2. The van der Waals surface area contributed by atoms with Crippen LogP contribution in [-0.2, 0) is 0 Å². The molecule has 2 aromatic rings. The summed E-state index contributed by atoms with van der Waals surface area (Å²) in [4.78, 5) is 7.87. The SMILES string of the molecule is CC1CN(c2n[nH]c(-c3cc(Br)c(Br)s3)n2)CCN1. The van der Waals surface area contributed by atoms with Gasteiger partial charge in [0.1, 0.15) is 0 Å². The first kappa shape index (κ1) is 13.5. The van der Waals surface area contributed by atoms with Gasteiger partial charge in [-0.1, -0.05) is 0 Å². The Labute approximate surface area is 132 Å². The first-order valence-electron chi connectivity index (χ1n) is 5.99. The zero-order valence-corrected chi connectivity index (χ0v) is 14.3. The van der Waals surface area contributed by atoms with Crippen LogP contribution in [0.2, 0.25) is 0 Å². The highest BCUT2D eigenvalue weighted by Crippen LogP contribution is 2.37. The molecule has 0 aliphatic carbocycles. The molecule has 0 amide bonds. The Hall–Kier alpha value is -0.440. The van der Waals surface area contributed by atoms with Crippen molar-refractivity contribution in [2.45, 2.75) is 13.0 Å². The molecule has 2 N–H and O–H groups in total. The van der Waals surface area contributed by atoms with Gasteiger partial charge in [0, 0.05) is 30.1 Å². The summed E-state index contributed by atoms with van der Waals surface area (Å²) in [7, 11) is 0. The molecule has 1 aliphatic heterocycles. The minimum Gasteiger partial charge on any atom is -0.337 e. The van der Waals surface area contributed by atoms with E-state index in [1.54, 1.807) is 11.3 Å². The molecule has 1 unspecified atom stereocenters. The van der Waals surface area contributed by atoms with Crippen LogP contribution in [0.5, 0.6) is 0 Å². The van der Waals surface area contributed by atoms with Crippen LogP contribution in [0, 0.1) is 0 Å². The van der Waals surface area contributed by atoms with Crippen molar-refractivity contribution in [3.05, 3.63) is 14.3 Å². The van der Waals surface area contributed by atoms with Crippen molar-refractivity contribution in [1.82, 2.24) is 20.5 Å². The Morgan fingerprint density at radius 2 is 2.32 bits per heavy atom. The minimum atomic E-state index is 0.473. The molecule has 1 saturated heterocycles. The highest BCUT2D eigenvalue weighted by molar-refractivity contribution is 9.13. The normalized spacial score (nSPS) is 19.9. The van der Waals surface area contributed by atoms with Gasteiger partial charge in [0.15, 0.2) is 5.82 Å². The van der Waals surface area contributed by atoms with Crippen molar-refractivity contribution < 1.29 is 0 Å². The lowest BCUT2D eigenvalue weighted by Crippen LogP contribution is -2.49. The van der Waals surface area contributed by atoms with Gasteiger partial charge in [-0.05, 0) is 44.8 Å². The second-order valence-electron chi connectivity index (χ2n) is 4.52. The van der Waals surface area contributed by atoms with Gasteiger partial charge in [-0.3, -0.25) is 5.10 Å². The number of aromatic amines is 1. The molecule has 2 aromatic heterocycles. The lowest BCUT2D eigenvalue weighted by molar-refractivity contribution is 0.480. The van der Waals surface area contributed by atoms with Gasteiger partial charge in [0.2, 0.25) is 5.95 Å². The second-order valence-corrected chi connectivity index (χ2v) is 7.74. The van der Waals surface area contributed by atoms with Crippen LogP contribution in [0.1, 0.15) is 6.92 Å². The number of rotatable bonds is 2. The van der Waals surface area contributed by atoms with E-state index in [0.717, 1.165) is 44.5 Å². The van der Waals surface area contributed by atoms with E-state index in [1.165, 1.54) is 0 Å². The maximum atomic E-state index is 4.59. The summed E-state index contributed by atoms with van der Waals surface area (Å²) in [6.07, 6.45) is 0. The van der Waals surface area contributed by atoms with Crippen LogP contribution in [0.15, 0.2) is 14.3 Å². The maximum absolute atomic E-state index is 4.59. The third-order valence-electron chi connectivity index (χ3n) is 3.00. The number of H-pyrrole nitrogens is 1. The molecule has 8 heteroatoms. The van der Waals surface area contributed by atoms with Crippen molar-refractivity contribution in [3.8, 4) is 10.7 Å². The molecule has 19 heavy (non-hydrogen) atoms. The number of thiophene rings is 1. The summed E-state index contributed by atoms with van der Waals surface area (Å²) in [6.45, 7) is 5.03. The van der Waals surface area contributed by atoms with Gasteiger partial charge < -0.3 is 10.2 Å². The predicted octanol–water partition coefficient (Wildman–Crippen LogP) is 2.86. The molecule has 102 valence electrons. The molecule has 0 radical (unpaired) electrons. The van der Waals surface area contributed by atoms with E-state index in [9.17, 15) is 0 Å². The largest absolute Gasteiger partial charge is 0.337 e. The van der Waals surface area contributed by atoms with Crippen molar-refractivity contribution in [2.24, 2.45) is 0 Å². The summed E-state index contributed by atoms with van der Waals surface area (Å²) < 4.78 is 2.11. The van der Waals surface area contributed by atoms with Crippen LogP contribution in [0.4, 0.5) is 5.95 Å². The van der Waals surface area contributed by atoms with Crippen LogP contribution in [0.25, 0.3) is 10.7 Å². The molecule has 1 atom stereocenters. The van der Waals surface area contributed by atoms with E-state index < -0.39 is 0 Å². The molecule has 3 rings (SSSR count). The standard InChI is InChI=1S/C11H13Br2N5S/c1-6-5-18(3-2-14-6)11-15-10(16-17-11)8-4-7(12)9(13)19-8/h4,6,14H,2-3,5H2,1H3,(H,15,16,17). The van der Waals surface area contributed by atoms with Crippen molar-refractivity contribution >= 4 is 49.1 Å². The molecule has 0 bridgehead atoms. The predicted molar refractivity (Wildman–Crippen MR) is 84.8 cm³/mol. The molecule has 1 aliphatic rings. The number of anilines is 1. The van der Waals surface area contributed by atoms with E-state index in [-0.39, 0.29) is 0 Å². The van der Waals surface area contributed by atoms with Crippen LogP contribution in [0.3, 0.4) is 0 Å². The smallest absolute Gasteiger partial charge is 0.245 e. The van der Waals surface area contributed by atoms with Crippen LogP contribution >= 0.6 is 43.2 Å². The Balaban J connectivity index is 1.82. The first-order valence-corrected chi connectivity index (χ1v) is 8.39. The zero-order chi connectivity index (χ0) is 13.4. The topological polar surface area (TPSA) is 56.8 Å². The van der Waals surface area contributed by atoms with Gasteiger partial charge in [0.25, 0.3) is 0 Å². The van der Waals surface area contributed by atoms with Gasteiger partial charge in [-0.25, -0.2) is 0 Å². The van der Waals surface area contributed by atoms with E-state index in [0.29, 0.717) is 6.04 Å². The molecule has 5 nitrogen and oxygen atoms in total. The quantitative estimate of drug-likeness (QED) is 0.804. The fourth-order valence-electron chi connectivity index (χ4n) is 2.08. The second kappa shape index (κ2) is 5.51. The molecule has 3 heterocycles. The fourth-order valence-corrected chi connectivity index (χ4v) is 4.06. The number of nitrogens with zero attached hydrogens (tertiary/aromatic N) is 3. The number of hydrogen-bond acceptors (Lipinski definition) is 5. The number of aromatic nitrogens is 3. The molecular weight excluding hydrogens is 394 g/mol. The third-order valence-corrected chi connectivity index (χ3v) is 6.27. The highest BCUT2D eigenvalue weighted by Gasteiger charge is 2.20. The van der Waals surface area contributed by atoms with E-state index in [2.05, 4.69) is 64.2 Å². The average molecular weight is 407 g/mol. The highest BCUT2D eigenvalue weighted by atomic mass is 79.9. The lowest BCUT2D eigenvalue weighted by Gasteiger charge is -2.30. The molecule has 0 aromatic carbocycles. The lowest BCUT2D eigenvalue weighted by atomic mass is 10.2. The Morgan fingerprint density at radius 3 is 3.00 bits per heavy atom. The summed E-state index contributed by atoms with van der Waals surface area (Å²) in [5.74, 6) is 1.60. The van der Waals surface area contributed by atoms with Crippen molar-refractivity contribution in [1.29, 1.82) is 0 Å². The van der Waals surface area contributed by atoms with Gasteiger partial charge in [-0.15, -0.1) is 16.4 Å². The van der Waals surface area contributed by atoms with Gasteiger partial charge in [0.05, 0.1) is 8.66 Å². The monoisotopic (exact) mass is 405 g/mol. The summed E-state index contributed by atoms with van der Waals surface area (Å²) in [5.41, 5.74) is 0. The molecule has 0 spiro atoms. The summed E-state index contributed by atoms with van der Waals surface area (Å²) >= 11 is 8.62. The summed E-state index contributed by atoms with van der Waals surface area (Å²) in [5, 5.41) is 10.8. The van der Waals surface area contributed by atoms with Crippen molar-refractivity contribution in [2.75, 3.05) is 24.5 Å². The van der Waals surface area contributed by atoms with Gasteiger partial charge in [-0.2, -0.15) is 4.98 Å². The van der Waals surface area contributed by atoms with Crippen LogP contribution in [-0.4, -0.2) is 40.9 Å².